The first-order valence-corrected chi connectivity index (χ1v) is 6.95. The second-order valence-electron chi connectivity index (χ2n) is 4.24. The van der Waals surface area contributed by atoms with Gasteiger partial charge in [0.2, 0.25) is 0 Å². The molecule has 0 aliphatic carbocycles. The molecule has 0 aliphatic heterocycles. The van der Waals surface area contributed by atoms with E-state index in [-0.39, 0.29) is 18.3 Å². The lowest BCUT2D eigenvalue weighted by Crippen LogP contribution is -2.28. The van der Waals surface area contributed by atoms with Crippen molar-refractivity contribution in [3.63, 3.8) is 0 Å². The van der Waals surface area contributed by atoms with Crippen LogP contribution in [0.25, 0.3) is 0 Å². The summed E-state index contributed by atoms with van der Waals surface area (Å²) in [5.41, 5.74) is 0.919. The number of hydrogen-bond donors (Lipinski definition) is 1. The second kappa shape index (κ2) is 6.47. The number of nitrogens with zero attached hydrogens (tertiary/aromatic N) is 1. The third-order valence-corrected chi connectivity index (χ3v) is 3.71. The molecule has 0 radical (unpaired) electrons. The van der Waals surface area contributed by atoms with E-state index in [0.717, 1.165) is 15.6 Å². The van der Waals surface area contributed by atoms with Crippen LogP contribution in [0.15, 0.2) is 24.3 Å². The van der Waals surface area contributed by atoms with Crippen molar-refractivity contribution >= 4 is 17.2 Å². The minimum absolute atomic E-state index is 0.0764. The zero-order valence-corrected chi connectivity index (χ0v) is 12.1. The number of aryl methyl sites for hydroxylation is 2. The Balaban J connectivity index is 1.82. The summed E-state index contributed by atoms with van der Waals surface area (Å²) in [6, 6.07) is 5.99. The number of aromatic nitrogens is 1. The SMILES string of the molecule is Cc1nc(C)c(CNC(=O)COc2ccccc2F)s1. The predicted octanol–water partition coefficient (Wildman–Crippen LogP) is 2.59. The molecule has 0 spiro atoms. The van der Waals surface area contributed by atoms with Crippen LogP contribution >= 0.6 is 11.3 Å². The number of ether oxygens (including phenoxy) is 1. The highest BCUT2D eigenvalue weighted by Crippen LogP contribution is 2.17. The molecule has 2 aromatic rings. The smallest absolute Gasteiger partial charge is 0.258 e. The fraction of sp³-hybridized carbons (Fsp3) is 0.286. The van der Waals surface area contributed by atoms with E-state index < -0.39 is 5.82 Å². The van der Waals surface area contributed by atoms with Crippen LogP contribution in [0.1, 0.15) is 15.6 Å². The van der Waals surface area contributed by atoms with Crippen molar-refractivity contribution in [1.82, 2.24) is 10.3 Å². The van der Waals surface area contributed by atoms with Gasteiger partial charge in [0.15, 0.2) is 18.2 Å². The summed E-state index contributed by atoms with van der Waals surface area (Å²) < 4.78 is 18.4. The summed E-state index contributed by atoms with van der Waals surface area (Å²) in [4.78, 5) is 16.9. The summed E-state index contributed by atoms with van der Waals surface area (Å²) >= 11 is 1.55. The molecule has 1 heterocycles. The molecule has 20 heavy (non-hydrogen) atoms. The van der Waals surface area contributed by atoms with Gasteiger partial charge in [-0.3, -0.25) is 4.79 Å². The lowest BCUT2D eigenvalue weighted by atomic mass is 10.3. The number of halogens is 1. The van der Waals surface area contributed by atoms with Gasteiger partial charge in [0, 0.05) is 4.88 Å². The van der Waals surface area contributed by atoms with Crippen molar-refractivity contribution < 1.29 is 13.9 Å². The maximum Gasteiger partial charge on any atom is 0.258 e. The molecule has 2 rings (SSSR count). The van der Waals surface area contributed by atoms with Crippen LogP contribution in [0.3, 0.4) is 0 Å². The van der Waals surface area contributed by atoms with Crippen molar-refractivity contribution in [3.05, 3.63) is 45.7 Å². The molecule has 1 aromatic heterocycles. The molecule has 1 N–H and O–H groups in total. The number of hydrogen-bond acceptors (Lipinski definition) is 4. The van der Waals surface area contributed by atoms with Gasteiger partial charge in [-0.2, -0.15) is 0 Å². The Bertz CT molecular complexity index is 613. The third-order valence-electron chi connectivity index (χ3n) is 2.64. The molecule has 6 heteroatoms. The number of amides is 1. The van der Waals surface area contributed by atoms with Gasteiger partial charge in [-0.05, 0) is 26.0 Å². The Kier molecular flexibility index (Phi) is 4.68. The van der Waals surface area contributed by atoms with E-state index in [1.807, 2.05) is 13.8 Å². The molecule has 0 bridgehead atoms. The topological polar surface area (TPSA) is 51.2 Å². The van der Waals surface area contributed by atoms with E-state index >= 15 is 0 Å². The van der Waals surface area contributed by atoms with E-state index in [4.69, 9.17) is 4.74 Å². The number of para-hydroxylation sites is 1. The number of carbonyl (C=O) groups is 1. The molecule has 0 saturated carbocycles. The summed E-state index contributed by atoms with van der Waals surface area (Å²) in [5.74, 6) is -0.694. The molecule has 4 nitrogen and oxygen atoms in total. The average molecular weight is 294 g/mol. The number of rotatable bonds is 5. The minimum atomic E-state index is -0.478. The lowest BCUT2D eigenvalue weighted by Gasteiger charge is -2.07. The van der Waals surface area contributed by atoms with Gasteiger partial charge in [-0.25, -0.2) is 9.37 Å². The molecule has 0 fully saturated rings. The highest BCUT2D eigenvalue weighted by Gasteiger charge is 2.08. The average Bonchev–Trinajstić information content (AvgIpc) is 2.74. The van der Waals surface area contributed by atoms with Crippen molar-refractivity contribution in [2.75, 3.05) is 6.61 Å². The van der Waals surface area contributed by atoms with Gasteiger partial charge in [0.1, 0.15) is 0 Å². The molecule has 1 aromatic carbocycles. The van der Waals surface area contributed by atoms with Gasteiger partial charge in [-0.1, -0.05) is 12.1 Å². The molecular weight excluding hydrogens is 279 g/mol. The van der Waals surface area contributed by atoms with E-state index in [0.29, 0.717) is 6.54 Å². The van der Waals surface area contributed by atoms with Crippen LogP contribution in [0.2, 0.25) is 0 Å². The van der Waals surface area contributed by atoms with E-state index in [1.165, 1.54) is 12.1 Å². The van der Waals surface area contributed by atoms with Crippen LogP contribution in [0.4, 0.5) is 4.39 Å². The molecule has 0 aliphatic rings. The highest BCUT2D eigenvalue weighted by atomic mass is 32.1. The number of thiazole rings is 1. The van der Waals surface area contributed by atoms with E-state index in [1.54, 1.807) is 23.5 Å². The third kappa shape index (κ3) is 3.77. The van der Waals surface area contributed by atoms with Gasteiger partial charge in [-0.15, -0.1) is 11.3 Å². The Hall–Kier alpha value is -1.95. The Morgan fingerprint density at radius 3 is 2.80 bits per heavy atom. The molecular formula is C14H15FN2O2S. The Labute approximate surface area is 120 Å². The lowest BCUT2D eigenvalue weighted by molar-refractivity contribution is -0.123. The molecule has 0 atom stereocenters. The molecule has 1 amide bonds. The van der Waals surface area contributed by atoms with Crippen molar-refractivity contribution in [2.24, 2.45) is 0 Å². The fourth-order valence-electron chi connectivity index (χ4n) is 1.67. The summed E-state index contributed by atoms with van der Waals surface area (Å²) in [6.45, 7) is 4.03. The standard InChI is InChI=1S/C14H15FN2O2S/c1-9-13(20-10(2)17-9)7-16-14(18)8-19-12-6-4-3-5-11(12)15/h3-6H,7-8H2,1-2H3,(H,16,18). The van der Waals surface area contributed by atoms with Crippen LogP contribution in [0.5, 0.6) is 5.75 Å². The largest absolute Gasteiger partial charge is 0.481 e. The summed E-state index contributed by atoms with van der Waals surface area (Å²) in [5, 5.41) is 3.69. The minimum Gasteiger partial charge on any atom is -0.481 e. The number of nitrogens with one attached hydrogen (secondary N) is 1. The van der Waals surface area contributed by atoms with Gasteiger partial charge >= 0.3 is 0 Å². The first kappa shape index (κ1) is 14.5. The quantitative estimate of drug-likeness (QED) is 0.922. The normalized spacial score (nSPS) is 10.3. The molecule has 0 unspecified atom stereocenters. The van der Waals surface area contributed by atoms with Crippen LogP contribution in [-0.2, 0) is 11.3 Å². The van der Waals surface area contributed by atoms with E-state index in [9.17, 15) is 9.18 Å². The first-order chi connectivity index (χ1) is 9.56. The van der Waals surface area contributed by atoms with Gasteiger partial charge in [0.05, 0.1) is 17.2 Å². The Morgan fingerprint density at radius 1 is 1.40 bits per heavy atom. The molecule has 0 saturated heterocycles. The van der Waals surface area contributed by atoms with Crippen LogP contribution in [0, 0.1) is 19.7 Å². The number of benzene rings is 1. The van der Waals surface area contributed by atoms with Crippen molar-refractivity contribution in [3.8, 4) is 5.75 Å². The van der Waals surface area contributed by atoms with E-state index in [2.05, 4.69) is 10.3 Å². The second-order valence-corrected chi connectivity index (χ2v) is 5.53. The van der Waals surface area contributed by atoms with Crippen LogP contribution < -0.4 is 10.1 Å². The van der Waals surface area contributed by atoms with Crippen molar-refractivity contribution in [2.45, 2.75) is 20.4 Å². The number of carbonyl (C=O) groups excluding carboxylic acids is 1. The Morgan fingerprint density at radius 2 is 2.15 bits per heavy atom. The van der Waals surface area contributed by atoms with Crippen LogP contribution in [-0.4, -0.2) is 17.5 Å². The van der Waals surface area contributed by atoms with Gasteiger partial charge in [0.25, 0.3) is 5.91 Å². The summed E-state index contributed by atoms with van der Waals surface area (Å²) in [7, 11) is 0. The maximum absolute atomic E-state index is 13.3. The maximum atomic E-state index is 13.3. The monoisotopic (exact) mass is 294 g/mol. The first-order valence-electron chi connectivity index (χ1n) is 6.13. The zero-order chi connectivity index (χ0) is 14.5. The fourth-order valence-corrected chi connectivity index (χ4v) is 2.55. The highest BCUT2D eigenvalue weighted by molar-refractivity contribution is 7.11. The zero-order valence-electron chi connectivity index (χ0n) is 11.3. The van der Waals surface area contributed by atoms with Crippen molar-refractivity contribution in [1.29, 1.82) is 0 Å². The van der Waals surface area contributed by atoms with Gasteiger partial charge < -0.3 is 10.1 Å². The summed E-state index contributed by atoms with van der Waals surface area (Å²) in [6.07, 6.45) is 0. The molecule has 106 valence electrons. The predicted molar refractivity (Wildman–Crippen MR) is 75.3 cm³/mol.